The fourth-order valence-corrected chi connectivity index (χ4v) is 6.71. The molecule has 3 N–H and O–H groups in total. The first-order valence-corrected chi connectivity index (χ1v) is 17.6. The normalized spacial score (nSPS) is 18.7. The Morgan fingerprint density at radius 1 is 0.980 bits per heavy atom. The number of piperazine rings is 1. The van der Waals surface area contributed by atoms with Gasteiger partial charge in [0.25, 0.3) is 5.91 Å². The average Bonchev–Trinajstić information content (AvgIpc) is 3.49. The Balaban J connectivity index is 1.54. The number of ether oxygens (including phenoxy) is 1. The molecule has 11 nitrogen and oxygen atoms in total. The van der Waals surface area contributed by atoms with E-state index in [1.807, 2.05) is 83.1 Å². The van der Waals surface area contributed by atoms with E-state index in [2.05, 4.69) is 20.9 Å². The van der Waals surface area contributed by atoms with Crippen LogP contribution in [0.2, 0.25) is 5.02 Å². The van der Waals surface area contributed by atoms with Crippen molar-refractivity contribution in [3.63, 3.8) is 0 Å². The van der Waals surface area contributed by atoms with Gasteiger partial charge in [-0.1, -0.05) is 88.7 Å². The van der Waals surface area contributed by atoms with Crippen LogP contribution in [-0.2, 0) is 29.3 Å². The Labute approximate surface area is 294 Å². The molecule has 4 atom stereocenters. The SMILES string of the molecule is CCN1CCN(C(=O)C(=O)[C@H](C[C@@H]2CCNC2=O)NC(=O)[C@H](CC(C)C)NC(=O)OC(c2ccccc2)C(C)(C)c2cccc(Cl)c2)CC1. The maximum Gasteiger partial charge on any atom is 0.408 e. The Morgan fingerprint density at radius 2 is 1.67 bits per heavy atom. The lowest BCUT2D eigenvalue weighted by atomic mass is 9.76. The first kappa shape index (κ1) is 37.9. The number of halogens is 1. The molecule has 2 aromatic rings. The molecule has 0 aromatic heterocycles. The van der Waals surface area contributed by atoms with Gasteiger partial charge in [0.05, 0.1) is 6.04 Å². The molecular weight excluding hydrogens is 646 g/mol. The molecule has 0 radical (unpaired) electrons. The Hall–Kier alpha value is -3.96. The number of benzene rings is 2. The number of ketones is 1. The predicted molar refractivity (Wildman–Crippen MR) is 188 cm³/mol. The van der Waals surface area contributed by atoms with Gasteiger partial charge in [-0.15, -0.1) is 0 Å². The van der Waals surface area contributed by atoms with Crippen molar-refractivity contribution in [2.75, 3.05) is 39.3 Å². The van der Waals surface area contributed by atoms with E-state index in [0.29, 0.717) is 44.2 Å². The summed E-state index contributed by atoms with van der Waals surface area (Å²) in [6, 6.07) is 14.4. The topological polar surface area (TPSA) is 137 Å². The van der Waals surface area contributed by atoms with Crippen LogP contribution in [0.15, 0.2) is 54.6 Å². The third-order valence-electron chi connectivity index (χ3n) is 9.50. The van der Waals surface area contributed by atoms with Gasteiger partial charge in [-0.3, -0.25) is 19.2 Å². The zero-order valence-electron chi connectivity index (χ0n) is 29.2. The van der Waals surface area contributed by atoms with E-state index >= 15 is 0 Å². The van der Waals surface area contributed by atoms with Crippen molar-refractivity contribution in [3.05, 3.63) is 70.7 Å². The second-order valence-electron chi connectivity index (χ2n) is 13.9. The molecule has 0 bridgehead atoms. The van der Waals surface area contributed by atoms with Crippen molar-refractivity contribution in [2.24, 2.45) is 11.8 Å². The van der Waals surface area contributed by atoms with E-state index in [-0.39, 0.29) is 24.7 Å². The minimum Gasteiger partial charge on any atom is -0.440 e. The van der Waals surface area contributed by atoms with Gasteiger partial charge < -0.3 is 30.5 Å². The number of carbonyl (C=O) groups is 5. The second kappa shape index (κ2) is 17.1. The van der Waals surface area contributed by atoms with Crippen molar-refractivity contribution in [1.29, 1.82) is 0 Å². The number of likely N-dealkylation sites (N-methyl/N-ethyl adjacent to an activating group) is 1. The lowest BCUT2D eigenvalue weighted by Crippen LogP contribution is -2.57. The third-order valence-corrected chi connectivity index (χ3v) is 9.74. The summed E-state index contributed by atoms with van der Waals surface area (Å²) < 4.78 is 6.11. The molecule has 4 rings (SSSR count). The lowest BCUT2D eigenvalue weighted by Gasteiger charge is -2.35. The minimum absolute atomic E-state index is 0.0141. The van der Waals surface area contributed by atoms with Gasteiger partial charge in [-0.25, -0.2) is 4.79 Å². The fourth-order valence-electron chi connectivity index (χ4n) is 6.52. The summed E-state index contributed by atoms with van der Waals surface area (Å²) in [5.41, 5.74) is 0.893. The van der Waals surface area contributed by atoms with Gasteiger partial charge >= 0.3 is 6.09 Å². The number of nitrogens with one attached hydrogen (secondary N) is 3. The van der Waals surface area contributed by atoms with Crippen LogP contribution in [0.25, 0.3) is 0 Å². The van der Waals surface area contributed by atoms with Crippen LogP contribution in [-0.4, -0.2) is 90.8 Å². The Bertz CT molecular complexity index is 1480. The van der Waals surface area contributed by atoms with E-state index in [1.54, 1.807) is 6.07 Å². The highest BCUT2D eigenvalue weighted by molar-refractivity contribution is 6.38. The molecule has 49 heavy (non-hydrogen) atoms. The van der Waals surface area contributed by atoms with Crippen molar-refractivity contribution < 1.29 is 28.7 Å². The number of Topliss-reactive ketones (excluding diaryl/α,β-unsaturated/α-hetero) is 1. The van der Waals surface area contributed by atoms with E-state index in [4.69, 9.17) is 16.3 Å². The fraction of sp³-hybridized carbons (Fsp3) is 0.541. The number of hydrogen-bond donors (Lipinski definition) is 3. The van der Waals surface area contributed by atoms with Crippen LogP contribution < -0.4 is 16.0 Å². The van der Waals surface area contributed by atoms with Gasteiger partial charge in [0, 0.05) is 49.1 Å². The van der Waals surface area contributed by atoms with Gasteiger partial charge in [-0.2, -0.15) is 0 Å². The van der Waals surface area contributed by atoms with E-state index in [1.165, 1.54) is 4.90 Å². The number of hydrogen-bond acceptors (Lipinski definition) is 7. The molecule has 2 aliphatic heterocycles. The molecule has 12 heteroatoms. The van der Waals surface area contributed by atoms with Crippen molar-refractivity contribution in [3.8, 4) is 0 Å². The van der Waals surface area contributed by atoms with Crippen molar-refractivity contribution >= 4 is 41.2 Å². The number of rotatable bonds is 14. The molecule has 4 amide bonds. The molecule has 2 fully saturated rings. The van der Waals surface area contributed by atoms with E-state index in [0.717, 1.165) is 17.7 Å². The standard InChI is InChI=1S/C37H50ClN5O6/c1-6-42-17-19-43(20-18-42)35(47)31(44)29(22-26-15-16-39-33(26)45)40-34(46)30(21-24(2)3)41-36(48)49-32(25-11-8-7-9-12-25)37(4,5)27-13-10-14-28(38)23-27/h7-14,23-24,26,29-30,32H,6,15-22H2,1-5H3,(H,39,45)(H,40,46)(H,41,48)/t26-,29-,30-,32?/m0/s1. The number of alkyl carbamates (subject to hydrolysis) is 1. The van der Waals surface area contributed by atoms with Crippen LogP contribution in [0.1, 0.15) is 71.1 Å². The molecule has 0 aliphatic carbocycles. The summed E-state index contributed by atoms with van der Waals surface area (Å²) >= 11 is 6.32. The summed E-state index contributed by atoms with van der Waals surface area (Å²) in [5, 5.41) is 8.81. The lowest BCUT2D eigenvalue weighted by molar-refractivity contribution is -0.148. The van der Waals surface area contributed by atoms with Crippen molar-refractivity contribution in [2.45, 2.75) is 77.5 Å². The third kappa shape index (κ3) is 10.0. The molecule has 0 saturated carbocycles. The van der Waals surface area contributed by atoms with Crippen LogP contribution >= 0.6 is 11.6 Å². The largest absolute Gasteiger partial charge is 0.440 e. The smallest absolute Gasteiger partial charge is 0.408 e. The minimum atomic E-state index is -1.23. The number of carbonyl (C=O) groups excluding carboxylic acids is 5. The highest BCUT2D eigenvalue weighted by atomic mass is 35.5. The molecule has 2 heterocycles. The second-order valence-corrected chi connectivity index (χ2v) is 14.4. The zero-order chi connectivity index (χ0) is 35.7. The average molecular weight is 696 g/mol. The van der Waals surface area contributed by atoms with Gasteiger partial charge in [0.2, 0.25) is 17.6 Å². The highest BCUT2D eigenvalue weighted by Gasteiger charge is 2.39. The van der Waals surface area contributed by atoms with Crippen molar-refractivity contribution in [1.82, 2.24) is 25.8 Å². The summed E-state index contributed by atoms with van der Waals surface area (Å²) in [6.07, 6.45) is -0.847. The molecular formula is C37H50ClN5O6. The highest BCUT2D eigenvalue weighted by Crippen LogP contribution is 2.40. The Kier molecular flexibility index (Phi) is 13.2. The first-order valence-electron chi connectivity index (χ1n) is 17.2. The van der Waals surface area contributed by atoms with Gasteiger partial charge in [0.1, 0.15) is 12.1 Å². The van der Waals surface area contributed by atoms with Crippen LogP contribution in [0.4, 0.5) is 4.79 Å². The molecule has 2 aromatic carbocycles. The summed E-state index contributed by atoms with van der Waals surface area (Å²) in [7, 11) is 0. The predicted octanol–water partition coefficient (Wildman–Crippen LogP) is 4.24. The summed E-state index contributed by atoms with van der Waals surface area (Å²) in [5.74, 6) is -2.84. The molecule has 1 unspecified atom stereocenters. The Morgan fingerprint density at radius 3 is 2.27 bits per heavy atom. The van der Waals surface area contributed by atoms with Gasteiger partial charge in [-0.05, 0) is 55.0 Å². The van der Waals surface area contributed by atoms with Crippen LogP contribution in [0.3, 0.4) is 0 Å². The monoisotopic (exact) mass is 695 g/mol. The summed E-state index contributed by atoms with van der Waals surface area (Å²) in [4.78, 5) is 70.8. The summed E-state index contributed by atoms with van der Waals surface area (Å²) in [6.45, 7) is 13.2. The maximum absolute atomic E-state index is 13.9. The quantitative estimate of drug-likeness (QED) is 0.252. The van der Waals surface area contributed by atoms with E-state index < -0.39 is 53.2 Å². The molecule has 2 aliphatic rings. The maximum atomic E-state index is 13.9. The number of nitrogens with zero attached hydrogens (tertiary/aromatic N) is 2. The van der Waals surface area contributed by atoms with Crippen LogP contribution in [0.5, 0.6) is 0 Å². The molecule has 2 saturated heterocycles. The van der Waals surface area contributed by atoms with Gasteiger partial charge in [0.15, 0.2) is 0 Å². The number of amides is 4. The molecule has 266 valence electrons. The van der Waals surface area contributed by atoms with E-state index in [9.17, 15) is 24.0 Å². The molecule has 0 spiro atoms. The first-order chi connectivity index (χ1) is 23.3. The zero-order valence-corrected chi connectivity index (χ0v) is 29.9. The van der Waals surface area contributed by atoms with Crippen LogP contribution in [0, 0.1) is 11.8 Å².